The molecule has 0 fully saturated rings. The number of hydrogen-bond acceptors (Lipinski definition) is 6. The van der Waals surface area contributed by atoms with Crippen LogP contribution in [0.1, 0.15) is 61.6 Å². The van der Waals surface area contributed by atoms with Crippen LogP contribution in [0.5, 0.6) is 11.5 Å². The SMILES string of the molecule is C[C@H](Cc1cccc(CC(=O)NCc2ccccc2O)c1)NC[C@@H](O[Si](C)(C)C(C)(C)C)c1ccc(O)c(CO)c1. The van der Waals surface area contributed by atoms with Crippen LogP contribution in [0.15, 0.2) is 66.7 Å². The van der Waals surface area contributed by atoms with E-state index in [2.05, 4.69) is 63.6 Å². The average Bonchev–Trinajstić information content (AvgIpc) is 2.90. The molecule has 1 amide bonds. The third kappa shape index (κ3) is 9.43. The lowest BCUT2D eigenvalue weighted by Gasteiger charge is -2.40. The number of phenolic OH excluding ortho intramolecular Hbond substituents is 1. The quantitative estimate of drug-likeness (QED) is 0.166. The number of benzene rings is 3. The second-order valence-corrected chi connectivity index (χ2v) is 17.1. The number of aliphatic hydroxyl groups excluding tert-OH is 1. The number of aromatic hydroxyl groups is 2. The normalized spacial score (nSPS) is 13.5. The molecule has 0 aromatic heterocycles. The molecule has 0 saturated heterocycles. The van der Waals surface area contributed by atoms with Gasteiger partial charge in [-0.3, -0.25) is 4.79 Å². The minimum absolute atomic E-state index is 0.0296. The molecule has 0 bridgehead atoms. The Labute approximate surface area is 245 Å². The molecule has 222 valence electrons. The molecule has 8 heteroatoms. The van der Waals surface area contributed by atoms with Gasteiger partial charge in [-0.15, -0.1) is 0 Å². The van der Waals surface area contributed by atoms with Gasteiger partial charge in [-0.2, -0.15) is 0 Å². The fraction of sp³-hybridized carbons (Fsp3) is 0.424. The van der Waals surface area contributed by atoms with Crippen molar-refractivity contribution >= 4 is 14.2 Å². The zero-order valence-electron chi connectivity index (χ0n) is 25.2. The van der Waals surface area contributed by atoms with E-state index in [1.54, 1.807) is 24.3 Å². The summed E-state index contributed by atoms with van der Waals surface area (Å²) < 4.78 is 6.81. The predicted octanol–water partition coefficient (Wildman–Crippen LogP) is 5.73. The van der Waals surface area contributed by atoms with E-state index >= 15 is 0 Å². The van der Waals surface area contributed by atoms with E-state index in [4.69, 9.17) is 4.43 Å². The van der Waals surface area contributed by atoms with Crippen LogP contribution in [0.4, 0.5) is 0 Å². The Morgan fingerprint density at radius 1 is 0.927 bits per heavy atom. The molecular weight excluding hydrogens is 532 g/mol. The molecule has 0 aliphatic carbocycles. The summed E-state index contributed by atoms with van der Waals surface area (Å²) in [5.74, 6) is 0.154. The van der Waals surface area contributed by atoms with E-state index in [9.17, 15) is 20.1 Å². The standard InChI is InChI=1S/C33H46N2O5Si/c1-23(16-24-10-9-11-25(17-24)18-32(39)35-20-27-12-7-8-13-29(27)37)34-21-31(40-41(5,6)33(2,3)4)26-14-15-30(38)28(19-26)22-36/h7-15,17,19,23,31,34,36-38H,16,18,20-22H2,1-6H3,(H,35,39)/t23-,31-/m1/s1. The van der Waals surface area contributed by atoms with E-state index in [1.807, 2.05) is 30.3 Å². The molecule has 41 heavy (non-hydrogen) atoms. The van der Waals surface area contributed by atoms with Crippen molar-refractivity contribution in [3.8, 4) is 11.5 Å². The molecule has 0 spiro atoms. The van der Waals surface area contributed by atoms with Crippen LogP contribution in [0.2, 0.25) is 18.1 Å². The minimum Gasteiger partial charge on any atom is -0.508 e. The molecule has 2 atom stereocenters. The molecule has 3 rings (SSSR count). The number of amides is 1. The molecule has 7 nitrogen and oxygen atoms in total. The first-order chi connectivity index (χ1) is 19.3. The highest BCUT2D eigenvalue weighted by molar-refractivity contribution is 6.74. The predicted molar refractivity (Wildman–Crippen MR) is 166 cm³/mol. The summed E-state index contributed by atoms with van der Waals surface area (Å²) in [6.07, 6.45) is 0.806. The second kappa shape index (κ2) is 14.1. The summed E-state index contributed by atoms with van der Waals surface area (Å²) in [5.41, 5.74) is 4.16. The van der Waals surface area contributed by atoms with Crippen LogP contribution in [0.3, 0.4) is 0 Å². The van der Waals surface area contributed by atoms with Gasteiger partial charge in [0.05, 0.1) is 19.1 Å². The van der Waals surface area contributed by atoms with Gasteiger partial charge in [-0.05, 0) is 66.4 Å². The van der Waals surface area contributed by atoms with Crippen LogP contribution >= 0.6 is 0 Å². The number of nitrogens with one attached hydrogen (secondary N) is 2. The van der Waals surface area contributed by atoms with Crippen molar-refractivity contribution in [2.75, 3.05) is 6.54 Å². The molecule has 0 unspecified atom stereocenters. The third-order valence-electron chi connectivity index (χ3n) is 7.91. The highest BCUT2D eigenvalue weighted by atomic mass is 28.4. The third-order valence-corrected chi connectivity index (χ3v) is 12.4. The van der Waals surface area contributed by atoms with Crippen molar-refractivity contribution in [1.29, 1.82) is 0 Å². The Hall–Kier alpha value is -3.17. The summed E-state index contributed by atoms with van der Waals surface area (Å²) >= 11 is 0. The maximum absolute atomic E-state index is 12.5. The number of rotatable bonds is 13. The van der Waals surface area contributed by atoms with E-state index in [1.165, 1.54) is 0 Å². The fourth-order valence-corrected chi connectivity index (χ4v) is 5.68. The Kier molecular flexibility index (Phi) is 11.2. The lowest BCUT2D eigenvalue weighted by Crippen LogP contribution is -2.44. The van der Waals surface area contributed by atoms with Crippen molar-refractivity contribution in [2.45, 2.75) is 84.0 Å². The van der Waals surface area contributed by atoms with Crippen molar-refractivity contribution in [3.63, 3.8) is 0 Å². The second-order valence-electron chi connectivity index (χ2n) is 12.3. The van der Waals surface area contributed by atoms with Gasteiger partial charge < -0.3 is 30.4 Å². The van der Waals surface area contributed by atoms with E-state index in [0.29, 0.717) is 17.7 Å². The fourth-order valence-electron chi connectivity index (χ4n) is 4.39. The van der Waals surface area contributed by atoms with Gasteiger partial charge in [0.1, 0.15) is 11.5 Å². The number of carbonyl (C=O) groups excluding carboxylic acids is 1. The molecule has 5 N–H and O–H groups in total. The Bertz CT molecular complexity index is 1300. The van der Waals surface area contributed by atoms with Gasteiger partial charge >= 0.3 is 0 Å². The first-order valence-electron chi connectivity index (χ1n) is 14.2. The molecule has 3 aromatic carbocycles. The molecule has 0 heterocycles. The van der Waals surface area contributed by atoms with Crippen LogP contribution in [-0.2, 0) is 35.2 Å². The van der Waals surface area contributed by atoms with Gasteiger partial charge in [0.2, 0.25) is 5.91 Å². The first kappa shape index (κ1) is 32.3. The highest BCUT2D eigenvalue weighted by Gasteiger charge is 2.39. The number of hydrogen-bond donors (Lipinski definition) is 5. The number of carbonyl (C=O) groups is 1. The van der Waals surface area contributed by atoms with E-state index in [-0.39, 0.29) is 54.2 Å². The van der Waals surface area contributed by atoms with Crippen LogP contribution in [0, 0.1) is 0 Å². The van der Waals surface area contributed by atoms with Crippen LogP contribution in [-0.4, -0.2) is 42.1 Å². The summed E-state index contributed by atoms with van der Waals surface area (Å²) in [5, 5.41) is 36.2. The number of para-hydroxylation sites is 1. The lowest BCUT2D eigenvalue weighted by molar-refractivity contribution is -0.120. The smallest absolute Gasteiger partial charge is 0.224 e. The average molecular weight is 579 g/mol. The molecule has 0 radical (unpaired) electrons. The number of phenols is 2. The zero-order chi connectivity index (χ0) is 30.2. The van der Waals surface area contributed by atoms with Crippen LogP contribution < -0.4 is 10.6 Å². The Morgan fingerprint density at radius 2 is 1.61 bits per heavy atom. The van der Waals surface area contributed by atoms with Crippen molar-refractivity contribution in [2.24, 2.45) is 0 Å². The molecule has 0 aliphatic rings. The van der Waals surface area contributed by atoms with Crippen LogP contribution in [0.25, 0.3) is 0 Å². The molecular formula is C33H46N2O5Si. The van der Waals surface area contributed by atoms with E-state index in [0.717, 1.165) is 23.1 Å². The maximum atomic E-state index is 12.5. The highest BCUT2D eigenvalue weighted by Crippen LogP contribution is 2.40. The Balaban J connectivity index is 1.63. The lowest BCUT2D eigenvalue weighted by atomic mass is 10.0. The Morgan fingerprint density at radius 3 is 2.29 bits per heavy atom. The minimum atomic E-state index is -2.11. The largest absolute Gasteiger partial charge is 0.508 e. The molecule has 0 saturated carbocycles. The van der Waals surface area contributed by atoms with E-state index < -0.39 is 8.32 Å². The van der Waals surface area contributed by atoms with Gasteiger partial charge in [-0.1, -0.05) is 69.3 Å². The maximum Gasteiger partial charge on any atom is 0.224 e. The molecule has 3 aromatic rings. The number of aliphatic hydroxyl groups is 1. The summed E-state index contributed by atoms with van der Waals surface area (Å²) in [6.45, 7) is 13.8. The van der Waals surface area contributed by atoms with Gasteiger partial charge in [0.15, 0.2) is 8.32 Å². The van der Waals surface area contributed by atoms with Crippen molar-refractivity contribution < 1.29 is 24.5 Å². The first-order valence-corrected chi connectivity index (χ1v) is 17.1. The van der Waals surface area contributed by atoms with Gasteiger partial charge in [-0.25, -0.2) is 0 Å². The summed E-state index contributed by atoms with van der Waals surface area (Å²) in [6, 6.07) is 20.5. The van der Waals surface area contributed by atoms with Gasteiger partial charge in [0, 0.05) is 30.3 Å². The topological polar surface area (TPSA) is 111 Å². The van der Waals surface area contributed by atoms with Gasteiger partial charge in [0.25, 0.3) is 0 Å². The molecule has 0 aliphatic heterocycles. The van der Waals surface area contributed by atoms with Crippen molar-refractivity contribution in [3.05, 3.63) is 94.5 Å². The zero-order valence-corrected chi connectivity index (χ0v) is 26.2. The summed E-state index contributed by atoms with van der Waals surface area (Å²) in [7, 11) is -2.11. The summed E-state index contributed by atoms with van der Waals surface area (Å²) in [4.78, 5) is 12.5. The monoisotopic (exact) mass is 578 g/mol. The van der Waals surface area contributed by atoms with Crippen molar-refractivity contribution in [1.82, 2.24) is 10.6 Å².